The lowest BCUT2D eigenvalue weighted by atomic mass is 9.80. The lowest BCUT2D eigenvalue weighted by Crippen LogP contribution is -2.18. The van der Waals surface area contributed by atoms with Crippen LogP contribution in [-0.4, -0.2) is 6.61 Å². The summed E-state index contributed by atoms with van der Waals surface area (Å²) in [6.07, 6.45) is 11.2. The predicted molar refractivity (Wildman–Crippen MR) is 93.0 cm³/mol. The van der Waals surface area contributed by atoms with Gasteiger partial charge in [0.15, 0.2) is 0 Å². The Labute approximate surface area is 136 Å². The summed E-state index contributed by atoms with van der Waals surface area (Å²) >= 11 is 0. The normalized spacial score (nSPS) is 32.8. The average Bonchev–Trinajstić information content (AvgIpc) is 2.56. The van der Waals surface area contributed by atoms with E-state index >= 15 is 0 Å². The van der Waals surface area contributed by atoms with E-state index in [4.69, 9.17) is 4.74 Å². The van der Waals surface area contributed by atoms with E-state index in [9.17, 15) is 0 Å². The first-order valence-electron chi connectivity index (χ1n) is 9.41. The second-order valence-electron chi connectivity index (χ2n) is 7.91. The maximum absolute atomic E-state index is 5.98. The molecule has 0 bridgehead atoms. The Kier molecular flexibility index (Phi) is 5.57. The highest BCUT2D eigenvalue weighted by molar-refractivity contribution is 5.24. The van der Waals surface area contributed by atoms with Crippen molar-refractivity contribution in [1.29, 1.82) is 0 Å². The third-order valence-electron chi connectivity index (χ3n) is 5.83. The van der Waals surface area contributed by atoms with Crippen LogP contribution in [0.1, 0.15) is 76.0 Å². The highest BCUT2D eigenvalue weighted by atomic mass is 16.5. The summed E-state index contributed by atoms with van der Waals surface area (Å²) in [7, 11) is 0. The Morgan fingerprint density at radius 2 is 1.55 bits per heavy atom. The van der Waals surface area contributed by atoms with E-state index in [0.717, 1.165) is 24.4 Å². The standard InChI is InChI=1S/C21H32O/c1-16-3-6-18(7-4-16)8-9-19-10-12-20(13-11-19)21-14-5-17(2)15-22-21/h10-13,16-18,21H,3-9,14-15H2,1-2H3. The zero-order valence-electron chi connectivity index (χ0n) is 14.4. The van der Waals surface area contributed by atoms with Crippen molar-refractivity contribution in [3.63, 3.8) is 0 Å². The second-order valence-corrected chi connectivity index (χ2v) is 7.91. The predicted octanol–water partition coefficient (Wildman–Crippen LogP) is 5.93. The molecule has 1 saturated heterocycles. The molecule has 0 N–H and O–H groups in total. The van der Waals surface area contributed by atoms with Crippen molar-refractivity contribution in [2.75, 3.05) is 6.61 Å². The minimum absolute atomic E-state index is 0.338. The Morgan fingerprint density at radius 3 is 2.18 bits per heavy atom. The van der Waals surface area contributed by atoms with E-state index in [0.29, 0.717) is 6.10 Å². The van der Waals surface area contributed by atoms with Crippen LogP contribution >= 0.6 is 0 Å². The van der Waals surface area contributed by atoms with Crippen molar-refractivity contribution in [1.82, 2.24) is 0 Å². The fourth-order valence-corrected chi connectivity index (χ4v) is 4.03. The van der Waals surface area contributed by atoms with Crippen LogP contribution in [0.15, 0.2) is 24.3 Å². The Balaban J connectivity index is 1.47. The Hall–Kier alpha value is -0.820. The van der Waals surface area contributed by atoms with Crippen LogP contribution in [0.25, 0.3) is 0 Å². The van der Waals surface area contributed by atoms with Gasteiger partial charge < -0.3 is 4.74 Å². The largest absolute Gasteiger partial charge is 0.373 e. The number of hydrogen-bond donors (Lipinski definition) is 0. The molecule has 1 aliphatic heterocycles. The molecule has 1 nitrogen and oxygen atoms in total. The maximum atomic E-state index is 5.98. The summed E-state index contributed by atoms with van der Waals surface area (Å²) in [5.74, 6) is 2.67. The van der Waals surface area contributed by atoms with Gasteiger partial charge in [0.1, 0.15) is 0 Å². The number of rotatable bonds is 4. The molecular formula is C21H32O. The van der Waals surface area contributed by atoms with Crippen molar-refractivity contribution in [2.45, 2.75) is 71.3 Å². The summed E-state index contributed by atoms with van der Waals surface area (Å²) in [4.78, 5) is 0. The summed E-state index contributed by atoms with van der Waals surface area (Å²) in [6.45, 7) is 5.61. The van der Waals surface area contributed by atoms with E-state index in [-0.39, 0.29) is 0 Å². The molecule has 1 saturated carbocycles. The molecule has 1 aliphatic carbocycles. The summed E-state index contributed by atoms with van der Waals surface area (Å²) in [5, 5.41) is 0. The number of aryl methyl sites for hydroxylation is 1. The molecule has 22 heavy (non-hydrogen) atoms. The topological polar surface area (TPSA) is 9.23 Å². The Bertz CT molecular complexity index is 433. The van der Waals surface area contributed by atoms with Crippen LogP contribution < -0.4 is 0 Å². The van der Waals surface area contributed by atoms with Gasteiger partial charge in [0.05, 0.1) is 6.10 Å². The molecule has 1 heterocycles. The van der Waals surface area contributed by atoms with E-state index in [1.807, 2.05) is 0 Å². The van der Waals surface area contributed by atoms with Crippen LogP contribution in [-0.2, 0) is 11.2 Å². The van der Waals surface area contributed by atoms with Gasteiger partial charge in [-0.15, -0.1) is 0 Å². The molecule has 0 radical (unpaired) electrons. The highest BCUT2D eigenvalue weighted by Crippen LogP contribution is 2.32. The van der Waals surface area contributed by atoms with Crippen LogP contribution in [0.5, 0.6) is 0 Å². The molecule has 2 unspecified atom stereocenters. The first-order chi connectivity index (χ1) is 10.7. The highest BCUT2D eigenvalue weighted by Gasteiger charge is 2.20. The number of ether oxygens (including phenoxy) is 1. The van der Waals surface area contributed by atoms with E-state index in [1.54, 1.807) is 0 Å². The van der Waals surface area contributed by atoms with Crippen molar-refractivity contribution in [2.24, 2.45) is 17.8 Å². The van der Waals surface area contributed by atoms with Crippen molar-refractivity contribution < 1.29 is 4.74 Å². The van der Waals surface area contributed by atoms with Gasteiger partial charge in [-0.2, -0.15) is 0 Å². The van der Waals surface area contributed by atoms with Gasteiger partial charge in [0, 0.05) is 6.61 Å². The monoisotopic (exact) mass is 300 g/mol. The summed E-state index contributed by atoms with van der Waals surface area (Å²) in [5.41, 5.74) is 2.88. The molecule has 1 heteroatoms. The third kappa shape index (κ3) is 4.35. The minimum atomic E-state index is 0.338. The SMILES string of the molecule is CC1CCC(CCc2ccc(C3CCC(C)CO3)cc2)CC1. The van der Waals surface area contributed by atoms with Crippen LogP contribution in [0, 0.1) is 17.8 Å². The summed E-state index contributed by atoms with van der Waals surface area (Å²) < 4.78 is 5.98. The van der Waals surface area contributed by atoms with Gasteiger partial charge in [-0.05, 0) is 54.6 Å². The lowest BCUT2D eigenvalue weighted by molar-refractivity contribution is -0.0123. The van der Waals surface area contributed by atoms with Gasteiger partial charge >= 0.3 is 0 Å². The second kappa shape index (κ2) is 7.64. The molecule has 0 aromatic heterocycles. The molecule has 2 atom stereocenters. The van der Waals surface area contributed by atoms with E-state index < -0.39 is 0 Å². The van der Waals surface area contributed by atoms with Crippen LogP contribution in [0.4, 0.5) is 0 Å². The van der Waals surface area contributed by atoms with Crippen molar-refractivity contribution >= 4 is 0 Å². The maximum Gasteiger partial charge on any atom is 0.0825 e. The molecule has 1 aromatic carbocycles. The van der Waals surface area contributed by atoms with Gasteiger partial charge in [-0.1, -0.05) is 63.8 Å². The zero-order chi connectivity index (χ0) is 15.4. The Morgan fingerprint density at radius 1 is 0.864 bits per heavy atom. The zero-order valence-corrected chi connectivity index (χ0v) is 14.4. The average molecular weight is 300 g/mol. The van der Waals surface area contributed by atoms with Gasteiger partial charge in [0.2, 0.25) is 0 Å². The van der Waals surface area contributed by atoms with Crippen molar-refractivity contribution in [3.8, 4) is 0 Å². The fourth-order valence-electron chi connectivity index (χ4n) is 4.03. The molecule has 122 valence electrons. The van der Waals surface area contributed by atoms with Crippen LogP contribution in [0.3, 0.4) is 0 Å². The van der Waals surface area contributed by atoms with E-state index in [2.05, 4.69) is 38.1 Å². The quantitative estimate of drug-likeness (QED) is 0.669. The number of benzene rings is 1. The smallest absolute Gasteiger partial charge is 0.0825 e. The third-order valence-corrected chi connectivity index (χ3v) is 5.83. The number of hydrogen-bond acceptors (Lipinski definition) is 1. The van der Waals surface area contributed by atoms with Gasteiger partial charge in [-0.25, -0.2) is 0 Å². The first kappa shape index (κ1) is 16.1. The lowest BCUT2D eigenvalue weighted by Gasteiger charge is -2.27. The molecule has 0 spiro atoms. The molecule has 1 aromatic rings. The molecular weight excluding hydrogens is 268 g/mol. The van der Waals surface area contributed by atoms with Crippen LogP contribution in [0.2, 0.25) is 0 Å². The molecule has 2 aliphatic rings. The van der Waals surface area contributed by atoms with Crippen molar-refractivity contribution in [3.05, 3.63) is 35.4 Å². The first-order valence-corrected chi connectivity index (χ1v) is 9.41. The fraction of sp³-hybridized carbons (Fsp3) is 0.714. The minimum Gasteiger partial charge on any atom is -0.373 e. The van der Waals surface area contributed by atoms with Gasteiger partial charge in [0.25, 0.3) is 0 Å². The molecule has 3 rings (SSSR count). The summed E-state index contributed by atoms with van der Waals surface area (Å²) in [6, 6.07) is 9.28. The van der Waals surface area contributed by atoms with Gasteiger partial charge in [-0.3, -0.25) is 0 Å². The molecule has 2 fully saturated rings. The molecule has 0 amide bonds. The van der Waals surface area contributed by atoms with E-state index in [1.165, 1.54) is 62.5 Å².